The van der Waals surface area contributed by atoms with Crippen LogP contribution in [0, 0.1) is 0 Å². The number of rotatable bonds is 3. The molecule has 0 bridgehead atoms. The Morgan fingerprint density at radius 1 is 1.39 bits per heavy atom. The highest BCUT2D eigenvalue weighted by Crippen LogP contribution is 2.13. The summed E-state index contributed by atoms with van der Waals surface area (Å²) >= 11 is 0. The van der Waals surface area contributed by atoms with Crippen LogP contribution in [0.15, 0.2) is 44.5 Å². The number of hydrogen-bond acceptors (Lipinski definition) is 3. The van der Waals surface area contributed by atoms with E-state index in [4.69, 9.17) is 4.42 Å². The van der Waals surface area contributed by atoms with Gasteiger partial charge in [-0.1, -0.05) is 25.1 Å². The van der Waals surface area contributed by atoms with Crippen LogP contribution >= 0.6 is 0 Å². The fourth-order valence-corrected chi connectivity index (χ4v) is 1.81. The van der Waals surface area contributed by atoms with Gasteiger partial charge in [0.15, 0.2) is 0 Å². The fourth-order valence-electron chi connectivity index (χ4n) is 1.81. The van der Waals surface area contributed by atoms with Crippen LogP contribution in [0.1, 0.15) is 32.8 Å². The van der Waals surface area contributed by atoms with Crippen LogP contribution in [0.4, 0.5) is 0 Å². The number of para-hydroxylation sites is 1. The summed E-state index contributed by atoms with van der Waals surface area (Å²) in [7, 11) is 0. The van der Waals surface area contributed by atoms with E-state index in [1.165, 1.54) is 0 Å². The van der Waals surface area contributed by atoms with Crippen molar-refractivity contribution in [1.29, 1.82) is 0 Å². The minimum atomic E-state index is -0.321. The molecule has 3 nitrogen and oxygen atoms in total. The van der Waals surface area contributed by atoms with Crippen molar-refractivity contribution in [1.82, 2.24) is 0 Å². The molecule has 0 saturated heterocycles. The molecule has 0 N–H and O–H groups in total. The monoisotopic (exact) mass is 243 g/mol. The number of benzene rings is 1. The van der Waals surface area contributed by atoms with E-state index >= 15 is 0 Å². The van der Waals surface area contributed by atoms with Gasteiger partial charge in [-0.15, -0.1) is 0 Å². The van der Waals surface area contributed by atoms with Crippen molar-refractivity contribution in [2.24, 2.45) is 4.99 Å². The summed E-state index contributed by atoms with van der Waals surface area (Å²) in [5.41, 5.74) is 1.58. The lowest BCUT2D eigenvalue weighted by Crippen LogP contribution is -2.14. The molecule has 1 aromatic carbocycles. The molecule has 0 aliphatic heterocycles. The summed E-state index contributed by atoms with van der Waals surface area (Å²) in [4.78, 5) is 16.4. The third-order valence-corrected chi connectivity index (χ3v) is 3.04. The summed E-state index contributed by atoms with van der Waals surface area (Å²) in [6.07, 6.45) is 0.955. The highest BCUT2D eigenvalue weighted by atomic mass is 16.4. The zero-order chi connectivity index (χ0) is 13.1. The van der Waals surface area contributed by atoms with Crippen molar-refractivity contribution in [2.75, 3.05) is 0 Å². The minimum Gasteiger partial charge on any atom is -0.422 e. The van der Waals surface area contributed by atoms with Crippen LogP contribution in [-0.2, 0) is 0 Å². The van der Waals surface area contributed by atoms with Crippen molar-refractivity contribution in [2.45, 2.75) is 33.2 Å². The second-order valence-corrected chi connectivity index (χ2v) is 4.46. The largest absolute Gasteiger partial charge is 0.422 e. The van der Waals surface area contributed by atoms with Gasteiger partial charge in [-0.25, -0.2) is 4.79 Å². The molecule has 1 atom stereocenters. The molecule has 0 spiro atoms. The summed E-state index contributed by atoms with van der Waals surface area (Å²) in [5, 5.41) is 0.922. The maximum absolute atomic E-state index is 11.9. The summed E-state index contributed by atoms with van der Waals surface area (Å²) < 4.78 is 5.29. The van der Waals surface area contributed by atoms with Crippen molar-refractivity contribution >= 4 is 16.7 Å². The lowest BCUT2D eigenvalue weighted by Gasteiger charge is -2.05. The van der Waals surface area contributed by atoms with Crippen LogP contribution in [0.2, 0.25) is 0 Å². The van der Waals surface area contributed by atoms with Crippen molar-refractivity contribution in [3.63, 3.8) is 0 Å². The molecule has 1 unspecified atom stereocenters. The smallest absolute Gasteiger partial charge is 0.345 e. The van der Waals surface area contributed by atoms with Gasteiger partial charge in [-0.05, 0) is 32.4 Å². The minimum absolute atomic E-state index is 0.218. The third kappa shape index (κ3) is 2.50. The maximum Gasteiger partial charge on any atom is 0.345 e. The number of nitrogens with zero attached hydrogens (tertiary/aromatic N) is 1. The van der Waals surface area contributed by atoms with Crippen molar-refractivity contribution in [3.05, 3.63) is 46.3 Å². The molecule has 2 rings (SSSR count). The van der Waals surface area contributed by atoms with Gasteiger partial charge in [-0.3, -0.25) is 4.99 Å². The van der Waals surface area contributed by atoms with Gasteiger partial charge in [0.1, 0.15) is 5.58 Å². The van der Waals surface area contributed by atoms with Crippen LogP contribution in [0.25, 0.3) is 11.0 Å². The lowest BCUT2D eigenvalue weighted by atomic mass is 10.1. The van der Waals surface area contributed by atoms with E-state index in [9.17, 15) is 4.79 Å². The summed E-state index contributed by atoms with van der Waals surface area (Å²) in [5.74, 6) is 0. The summed E-state index contributed by atoms with van der Waals surface area (Å²) in [6, 6.07) is 9.57. The molecule has 0 radical (unpaired) electrons. The average molecular weight is 243 g/mol. The Morgan fingerprint density at radius 3 is 2.83 bits per heavy atom. The van der Waals surface area contributed by atoms with E-state index in [2.05, 4.69) is 11.9 Å². The van der Waals surface area contributed by atoms with E-state index in [1.54, 1.807) is 6.07 Å². The molecule has 0 aliphatic rings. The van der Waals surface area contributed by atoms with Crippen LogP contribution in [0.3, 0.4) is 0 Å². The lowest BCUT2D eigenvalue weighted by molar-refractivity contribution is 0.559. The van der Waals surface area contributed by atoms with Crippen LogP contribution in [0.5, 0.6) is 0 Å². The normalized spacial score (nSPS) is 13.8. The molecule has 1 aromatic heterocycles. The fraction of sp³-hybridized carbons (Fsp3) is 0.333. The molecular weight excluding hydrogens is 226 g/mol. The standard InChI is InChI=1S/C15H17NO2/c1-4-10(2)16-11(3)13-9-12-7-5-6-8-14(12)18-15(13)17/h5-10H,4H2,1-3H3. The van der Waals surface area contributed by atoms with E-state index in [-0.39, 0.29) is 11.7 Å². The molecule has 18 heavy (non-hydrogen) atoms. The molecule has 94 valence electrons. The van der Waals surface area contributed by atoms with Gasteiger partial charge < -0.3 is 4.42 Å². The highest BCUT2D eigenvalue weighted by molar-refractivity contribution is 6.00. The van der Waals surface area contributed by atoms with Gasteiger partial charge >= 0.3 is 5.63 Å². The highest BCUT2D eigenvalue weighted by Gasteiger charge is 2.08. The van der Waals surface area contributed by atoms with Crippen LogP contribution in [-0.4, -0.2) is 11.8 Å². The Balaban J connectivity index is 2.54. The van der Waals surface area contributed by atoms with Crippen LogP contribution < -0.4 is 5.63 Å². The molecule has 0 fully saturated rings. The molecule has 0 aliphatic carbocycles. The molecule has 1 heterocycles. The molecule has 0 amide bonds. The average Bonchev–Trinajstić information content (AvgIpc) is 2.37. The predicted molar refractivity (Wildman–Crippen MR) is 74.4 cm³/mol. The number of aliphatic imine (C=N–C) groups is 1. The first-order valence-corrected chi connectivity index (χ1v) is 6.19. The SMILES string of the molecule is CCC(C)N=C(C)c1cc2ccccc2oc1=O. The first kappa shape index (κ1) is 12.6. The Hall–Kier alpha value is -1.90. The Labute approximate surface area is 106 Å². The van der Waals surface area contributed by atoms with Crippen molar-refractivity contribution < 1.29 is 4.42 Å². The first-order chi connectivity index (χ1) is 8.61. The molecule has 2 aromatic rings. The second kappa shape index (κ2) is 5.17. The van der Waals surface area contributed by atoms with Gasteiger partial charge in [0.2, 0.25) is 0 Å². The first-order valence-electron chi connectivity index (χ1n) is 6.19. The van der Waals surface area contributed by atoms with E-state index < -0.39 is 0 Å². The summed E-state index contributed by atoms with van der Waals surface area (Å²) in [6.45, 7) is 5.96. The second-order valence-electron chi connectivity index (χ2n) is 4.46. The molecular formula is C15H17NO2. The predicted octanol–water partition coefficient (Wildman–Crippen LogP) is 3.40. The van der Waals surface area contributed by atoms with Gasteiger partial charge in [0, 0.05) is 17.1 Å². The zero-order valence-electron chi connectivity index (χ0n) is 10.9. The third-order valence-electron chi connectivity index (χ3n) is 3.04. The van der Waals surface area contributed by atoms with E-state index in [1.807, 2.05) is 38.1 Å². The quantitative estimate of drug-likeness (QED) is 0.612. The molecule has 0 saturated carbocycles. The van der Waals surface area contributed by atoms with Gasteiger partial charge in [-0.2, -0.15) is 0 Å². The maximum atomic E-state index is 11.9. The number of hydrogen-bond donors (Lipinski definition) is 0. The molecule has 3 heteroatoms. The number of fused-ring (bicyclic) bond motifs is 1. The van der Waals surface area contributed by atoms with E-state index in [0.717, 1.165) is 17.5 Å². The Kier molecular flexibility index (Phi) is 3.60. The topological polar surface area (TPSA) is 42.6 Å². The Bertz CT molecular complexity index is 640. The van der Waals surface area contributed by atoms with Gasteiger partial charge in [0.25, 0.3) is 0 Å². The Morgan fingerprint density at radius 2 is 2.11 bits per heavy atom. The van der Waals surface area contributed by atoms with Crippen molar-refractivity contribution in [3.8, 4) is 0 Å². The van der Waals surface area contributed by atoms with E-state index in [0.29, 0.717) is 11.1 Å². The zero-order valence-corrected chi connectivity index (χ0v) is 10.9. The van der Waals surface area contributed by atoms with Gasteiger partial charge in [0.05, 0.1) is 5.56 Å².